The predicted octanol–water partition coefficient (Wildman–Crippen LogP) is 4.25. The van der Waals surface area contributed by atoms with Gasteiger partial charge in [0.05, 0.1) is 11.8 Å². The molecule has 0 N–H and O–H groups in total. The first kappa shape index (κ1) is 21.2. The minimum atomic E-state index is -1.16. The first-order valence-corrected chi connectivity index (χ1v) is 11.5. The van der Waals surface area contributed by atoms with E-state index >= 15 is 0 Å². The molecule has 4 heteroatoms. The molecule has 150 valence electrons. The zero-order valence-corrected chi connectivity index (χ0v) is 17.6. The summed E-state index contributed by atoms with van der Waals surface area (Å²) in [5.74, 6) is 0.110. The van der Waals surface area contributed by atoms with Gasteiger partial charge in [0, 0.05) is 30.1 Å². The second kappa shape index (κ2) is 10.8. The number of Topliss-reactive ketones (excluding diaryl/α,β-unsaturated/α-hetero) is 1. The molecule has 0 amide bonds. The number of hydrogen-bond donors (Lipinski definition) is 0. The Labute approximate surface area is 175 Å². The third-order valence-electron chi connectivity index (χ3n) is 4.89. The van der Waals surface area contributed by atoms with E-state index in [0.29, 0.717) is 19.5 Å². The van der Waals surface area contributed by atoms with Crippen LogP contribution in [0.4, 0.5) is 0 Å². The topological polar surface area (TPSA) is 37.4 Å². The second-order valence-electron chi connectivity index (χ2n) is 7.27. The SMILES string of the molecule is CS(=O)CC(=O)[C@H](Cc1ccccc1)N(Cc1ccccc1)Cc1ccccc1. The van der Waals surface area contributed by atoms with Crippen LogP contribution >= 0.6 is 0 Å². The van der Waals surface area contributed by atoms with Crippen LogP contribution < -0.4 is 0 Å². The molecule has 0 fully saturated rings. The van der Waals surface area contributed by atoms with Gasteiger partial charge < -0.3 is 0 Å². The van der Waals surface area contributed by atoms with Gasteiger partial charge in [-0.15, -0.1) is 0 Å². The molecule has 0 bridgehead atoms. The van der Waals surface area contributed by atoms with Gasteiger partial charge in [-0.05, 0) is 23.1 Å². The van der Waals surface area contributed by atoms with Crippen LogP contribution in [0.2, 0.25) is 0 Å². The standard InChI is InChI=1S/C25H27NO2S/c1-29(28)20-25(27)24(17-21-11-5-2-6-12-21)26(18-22-13-7-3-8-14-22)19-23-15-9-4-10-16-23/h2-16,24H,17-20H2,1H3/t24-,29?/m0/s1. The van der Waals surface area contributed by atoms with E-state index in [4.69, 9.17) is 0 Å². The maximum atomic E-state index is 13.1. The molecule has 0 radical (unpaired) electrons. The summed E-state index contributed by atoms with van der Waals surface area (Å²) in [5.41, 5.74) is 3.43. The summed E-state index contributed by atoms with van der Waals surface area (Å²) in [5, 5.41) is 0. The number of carbonyl (C=O) groups excluding carboxylic acids is 1. The second-order valence-corrected chi connectivity index (χ2v) is 8.70. The Morgan fingerprint density at radius 3 is 1.59 bits per heavy atom. The first-order valence-electron chi connectivity index (χ1n) is 9.80. The van der Waals surface area contributed by atoms with Crippen molar-refractivity contribution in [1.29, 1.82) is 0 Å². The van der Waals surface area contributed by atoms with Gasteiger partial charge in [0.25, 0.3) is 0 Å². The molecule has 0 spiro atoms. The van der Waals surface area contributed by atoms with E-state index in [0.717, 1.165) is 16.7 Å². The molecule has 0 aromatic heterocycles. The highest BCUT2D eigenvalue weighted by atomic mass is 32.2. The van der Waals surface area contributed by atoms with Crippen molar-refractivity contribution in [1.82, 2.24) is 4.90 Å². The van der Waals surface area contributed by atoms with E-state index in [1.165, 1.54) is 0 Å². The Morgan fingerprint density at radius 1 is 0.759 bits per heavy atom. The van der Waals surface area contributed by atoms with Crippen molar-refractivity contribution in [2.45, 2.75) is 25.6 Å². The van der Waals surface area contributed by atoms with Crippen LogP contribution in [-0.2, 0) is 35.1 Å². The third kappa shape index (κ3) is 6.77. The van der Waals surface area contributed by atoms with Gasteiger partial charge in [-0.3, -0.25) is 13.9 Å². The normalized spacial score (nSPS) is 13.2. The van der Waals surface area contributed by atoms with Crippen LogP contribution in [0.1, 0.15) is 16.7 Å². The Bertz CT molecular complexity index is 872. The van der Waals surface area contributed by atoms with Crippen molar-refractivity contribution in [2.24, 2.45) is 0 Å². The fourth-order valence-electron chi connectivity index (χ4n) is 3.49. The zero-order valence-electron chi connectivity index (χ0n) is 16.7. The molecule has 1 unspecified atom stereocenters. The van der Waals surface area contributed by atoms with Crippen LogP contribution in [-0.4, -0.2) is 32.9 Å². The van der Waals surface area contributed by atoms with Gasteiger partial charge in [0.1, 0.15) is 0 Å². The quantitative estimate of drug-likeness (QED) is 0.506. The molecular formula is C25H27NO2S. The van der Waals surface area contributed by atoms with Crippen LogP contribution in [0.15, 0.2) is 91.0 Å². The van der Waals surface area contributed by atoms with E-state index in [1.807, 2.05) is 66.7 Å². The van der Waals surface area contributed by atoms with Gasteiger partial charge >= 0.3 is 0 Å². The lowest BCUT2D eigenvalue weighted by Crippen LogP contribution is -2.43. The van der Waals surface area contributed by atoms with Crippen LogP contribution in [0, 0.1) is 0 Å². The highest BCUT2D eigenvalue weighted by Crippen LogP contribution is 2.18. The molecule has 0 aliphatic heterocycles. The van der Waals surface area contributed by atoms with Crippen LogP contribution in [0.25, 0.3) is 0 Å². The summed E-state index contributed by atoms with van der Waals surface area (Å²) in [4.78, 5) is 15.4. The van der Waals surface area contributed by atoms with Crippen molar-refractivity contribution in [2.75, 3.05) is 12.0 Å². The lowest BCUT2D eigenvalue weighted by Gasteiger charge is -2.31. The minimum Gasteiger partial charge on any atom is -0.297 e. The smallest absolute Gasteiger partial charge is 0.162 e. The predicted molar refractivity (Wildman–Crippen MR) is 120 cm³/mol. The molecule has 3 aromatic carbocycles. The number of rotatable bonds is 10. The van der Waals surface area contributed by atoms with Gasteiger partial charge in [-0.2, -0.15) is 0 Å². The van der Waals surface area contributed by atoms with Gasteiger partial charge in [0.2, 0.25) is 0 Å². The monoisotopic (exact) mass is 405 g/mol. The molecule has 0 saturated carbocycles. The molecule has 0 heterocycles. The summed E-state index contributed by atoms with van der Waals surface area (Å²) in [6, 6.07) is 30.1. The summed E-state index contributed by atoms with van der Waals surface area (Å²) in [7, 11) is -1.16. The number of hydrogen-bond acceptors (Lipinski definition) is 3. The summed E-state index contributed by atoms with van der Waals surface area (Å²) in [6.07, 6.45) is 2.20. The van der Waals surface area contributed by atoms with Crippen molar-refractivity contribution >= 4 is 16.6 Å². The van der Waals surface area contributed by atoms with Crippen molar-refractivity contribution in [3.8, 4) is 0 Å². The molecule has 3 nitrogen and oxygen atoms in total. The minimum absolute atomic E-state index is 0.0292. The molecule has 0 aliphatic rings. The van der Waals surface area contributed by atoms with Gasteiger partial charge in [0.15, 0.2) is 5.78 Å². The lowest BCUT2D eigenvalue weighted by atomic mass is 9.99. The Balaban J connectivity index is 1.92. The fraction of sp³-hybridized carbons (Fsp3) is 0.240. The lowest BCUT2D eigenvalue weighted by molar-refractivity contribution is -0.122. The van der Waals surface area contributed by atoms with E-state index in [1.54, 1.807) is 6.26 Å². The molecule has 0 aliphatic carbocycles. The summed E-state index contributed by atoms with van der Waals surface area (Å²) < 4.78 is 11.8. The Morgan fingerprint density at radius 2 is 1.17 bits per heavy atom. The van der Waals surface area contributed by atoms with E-state index in [9.17, 15) is 9.00 Å². The molecule has 3 rings (SSSR count). The molecule has 29 heavy (non-hydrogen) atoms. The Hall–Kier alpha value is -2.56. The third-order valence-corrected chi connectivity index (χ3v) is 5.58. The number of carbonyl (C=O) groups is 1. The number of ketones is 1. The van der Waals surface area contributed by atoms with Gasteiger partial charge in [-0.25, -0.2) is 0 Å². The highest BCUT2D eigenvalue weighted by Gasteiger charge is 2.27. The molecule has 2 atom stereocenters. The molecular weight excluding hydrogens is 378 g/mol. The average molecular weight is 406 g/mol. The van der Waals surface area contributed by atoms with Crippen LogP contribution in [0.3, 0.4) is 0 Å². The molecule has 0 saturated heterocycles. The zero-order chi connectivity index (χ0) is 20.5. The first-order chi connectivity index (χ1) is 14.1. The largest absolute Gasteiger partial charge is 0.297 e. The van der Waals surface area contributed by atoms with E-state index in [-0.39, 0.29) is 17.6 Å². The average Bonchev–Trinajstić information content (AvgIpc) is 2.73. The fourth-order valence-corrected chi connectivity index (χ4v) is 4.09. The van der Waals surface area contributed by atoms with Crippen LogP contribution in [0.5, 0.6) is 0 Å². The molecule has 3 aromatic rings. The van der Waals surface area contributed by atoms with Crippen molar-refractivity contribution < 1.29 is 9.00 Å². The Kier molecular flexibility index (Phi) is 7.91. The highest BCUT2D eigenvalue weighted by molar-refractivity contribution is 7.85. The van der Waals surface area contributed by atoms with E-state index in [2.05, 4.69) is 29.2 Å². The van der Waals surface area contributed by atoms with Gasteiger partial charge in [-0.1, -0.05) is 91.0 Å². The van der Waals surface area contributed by atoms with E-state index < -0.39 is 10.8 Å². The van der Waals surface area contributed by atoms with Crippen molar-refractivity contribution in [3.05, 3.63) is 108 Å². The number of benzene rings is 3. The number of nitrogens with zero attached hydrogens (tertiary/aromatic N) is 1. The summed E-state index contributed by atoms with van der Waals surface area (Å²) in [6.45, 7) is 1.32. The summed E-state index contributed by atoms with van der Waals surface area (Å²) >= 11 is 0. The van der Waals surface area contributed by atoms with Crippen molar-refractivity contribution in [3.63, 3.8) is 0 Å². The maximum absolute atomic E-state index is 13.1. The maximum Gasteiger partial charge on any atom is 0.162 e.